The fourth-order valence-corrected chi connectivity index (χ4v) is 2.50. The molecule has 0 aliphatic heterocycles. The summed E-state index contributed by atoms with van der Waals surface area (Å²) in [6.07, 6.45) is 1.45. The number of rotatable bonds is 4. The van der Waals surface area contributed by atoms with Gasteiger partial charge < -0.3 is 5.11 Å². The number of hydrogen-bond donors (Lipinski definition) is 2. The highest BCUT2D eigenvalue weighted by molar-refractivity contribution is 7.90. The number of amides is 1. The second-order valence-corrected chi connectivity index (χ2v) is 5.55. The molecule has 1 aromatic heterocycles. The van der Waals surface area contributed by atoms with Crippen LogP contribution in [0.1, 0.15) is 6.42 Å². The number of carbonyl (C=O) groups is 2. The molecule has 0 saturated heterocycles. The van der Waals surface area contributed by atoms with E-state index < -0.39 is 33.7 Å². The quantitative estimate of drug-likeness (QED) is 0.770. The molecule has 0 aromatic carbocycles. The maximum absolute atomic E-state index is 11.7. The zero-order valence-electron chi connectivity index (χ0n) is 9.11. The van der Waals surface area contributed by atoms with Gasteiger partial charge in [0.25, 0.3) is 10.0 Å². The van der Waals surface area contributed by atoms with Crippen molar-refractivity contribution in [3.63, 3.8) is 0 Å². The van der Waals surface area contributed by atoms with E-state index in [1.807, 2.05) is 4.72 Å². The molecular formula is C10H10N2O5S. The summed E-state index contributed by atoms with van der Waals surface area (Å²) in [6.45, 7) is 0. The van der Waals surface area contributed by atoms with Gasteiger partial charge in [-0.15, -0.1) is 0 Å². The van der Waals surface area contributed by atoms with Gasteiger partial charge in [-0.1, -0.05) is 6.07 Å². The molecule has 0 unspecified atom stereocenters. The van der Waals surface area contributed by atoms with Crippen molar-refractivity contribution >= 4 is 21.9 Å². The summed E-state index contributed by atoms with van der Waals surface area (Å²) in [6, 6.07) is 4.27. The number of carbonyl (C=O) groups excluding carboxylic acids is 1. The van der Waals surface area contributed by atoms with Crippen LogP contribution in [0.15, 0.2) is 29.4 Å². The third kappa shape index (κ3) is 2.48. The highest BCUT2D eigenvalue weighted by Crippen LogP contribution is 2.38. The first-order valence-electron chi connectivity index (χ1n) is 5.12. The van der Waals surface area contributed by atoms with Crippen LogP contribution in [0.5, 0.6) is 0 Å². The van der Waals surface area contributed by atoms with Crippen molar-refractivity contribution in [2.45, 2.75) is 11.4 Å². The lowest BCUT2D eigenvalue weighted by atomic mass is 10.3. The molecule has 18 heavy (non-hydrogen) atoms. The molecule has 1 aromatic rings. The first kappa shape index (κ1) is 12.5. The maximum atomic E-state index is 11.7. The van der Waals surface area contributed by atoms with Gasteiger partial charge in [0.2, 0.25) is 5.91 Å². The number of sulfonamides is 1. The summed E-state index contributed by atoms with van der Waals surface area (Å²) in [5.41, 5.74) is 0. The van der Waals surface area contributed by atoms with Gasteiger partial charge in [-0.3, -0.25) is 9.59 Å². The largest absolute Gasteiger partial charge is 0.481 e. The topological polar surface area (TPSA) is 113 Å². The third-order valence-corrected chi connectivity index (χ3v) is 3.85. The molecule has 8 heteroatoms. The predicted molar refractivity (Wildman–Crippen MR) is 58.8 cm³/mol. The highest BCUT2D eigenvalue weighted by Gasteiger charge is 2.49. The number of nitrogens with zero attached hydrogens (tertiary/aromatic N) is 1. The summed E-state index contributed by atoms with van der Waals surface area (Å²) in [5.74, 6) is -3.46. The minimum Gasteiger partial charge on any atom is -0.481 e. The van der Waals surface area contributed by atoms with Gasteiger partial charge in [-0.25, -0.2) is 9.71 Å². The average molecular weight is 270 g/mol. The van der Waals surface area contributed by atoms with Gasteiger partial charge in [0.05, 0.1) is 11.8 Å². The van der Waals surface area contributed by atoms with Crippen molar-refractivity contribution in [3.05, 3.63) is 24.4 Å². The molecule has 1 aliphatic carbocycles. The lowest BCUT2D eigenvalue weighted by molar-refractivity contribution is -0.140. The van der Waals surface area contributed by atoms with Crippen LogP contribution in [0.3, 0.4) is 0 Å². The number of carboxylic acid groups (broad SMARTS) is 1. The molecule has 1 aliphatic rings. The summed E-state index contributed by atoms with van der Waals surface area (Å²) in [7, 11) is -4.02. The molecule has 1 fully saturated rings. The Balaban J connectivity index is 2.07. The minimum atomic E-state index is -4.02. The summed E-state index contributed by atoms with van der Waals surface area (Å²) < 4.78 is 25.2. The van der Waals surface area contributed by atoms with E-state index in [1.54, 1.807) is 6.07 Å². The Morgan fingerprint density at radius 1 is 1.33 bits per heavy atom. The smallest absolute Gasteiger partial charge is 0.307 e. The van der Waals surface area contributed by atoms with Crippen molar-refractivity contribution in [2.75, 3.05) is 0 Å². The van der Waals surface area contributed by atoms with Crippen molar-refractivity contribution in [3.8, 4) is 0 Å². The predicted octanol–water partition coefficient (Wildman–Crippen LogP) is -0.393. The lowest BCUT2D eigenvalue weighted by Crippen LogP contribution is -2.33. The van der Waals surface area contributed by atoms with Crippen LogP contribution in [0.25, 0.3) is 0 Å². The summed E-state index contributed by atoms with van der Waals surface area (Å²) >= 11 is 0. The van der Waals surface area contributed by atoms with Gasteiger partial charge in [0.1, 0.15) is 0 Å². The Morgan fingerprint density at radius 2 is 2.06 bits per heavy atom. The average Bonchev–Trinajstić information content (AvgIpc) is 3.09. The van der Waals surface area contributed by atoms with E-state index in [2.05, 4.69) is 4.98 Å². The number of pyridine rings is 1. The summed E-state index contributed by atoms with van der Waals surface area (Å²) in [4.78, 5) is 25.7. The number of nitrogens with one attached hydrogen (secondary N) is 1. The first-order chi connectivity index (χ1) is 8.42. The van der Waals surface area contributed by atoms with Crippen molar-refractivity contribution in [2.24, 2.45) is 11.8 Å². The number of hydrogen-bond acceptors (Lipinski definition) is 5. The second kappa shape index (κ2) is 4.37. The molecule has 2 N–H and O–H groups in total. The van der Waals surface area contributed by atoms with Gasteiger partial charge in [0.15, 0.2) is 5.03 Å². The molecular weight excluding hydrogens is 260 g/mol. The molecule has 1 amide bonds. The second-order valence-electron chi connectivity index (χ2n) is 3.92. The third-order valence-electron chi connectivity index (χ3n) is 2.59. The van der Waals surface area contributed by atoms with E-state index in [4.69, 9.17) is 5.11 Å². The van der Waals surface area contributed by atoms with Crippen LogP contribution in [-0.4, -0.2) is 30.4 Å². The fraction of sp³-hybridized carbons (Fsp3) is 0.300. The van der Waals surface area contributed by atoms with Crippen molar-refractivity contribution in [1.82, 2.24) is 9.71 Å². The number of aliphatic carboxylic acids is 1. The maximum Gasteiger partial charge on any atom is 0.307 e. The van der Waals surface area contributed by atoms with Crippen LogP contribution >= 0.6 is 0 Å². The normalized spacial score (nSPS) is 22.2. The molecule has 7 nitrogen and oxygen atoms in total. The van der Waals surface area contributed by atoms with Crippen LogP contribution in [0.2, 0.25) is 0 Å². The Morgan fingerprint density at radius 3 is 2.56 bits per heavy atom. The van der Waals surface area contributed by atoms with E-state index in [0.29, 0.717) is 0 Å². The molecule has 0 bridgehead atoms. The van der Waals surface area contributed by atoms with Crippen molar-refractivity contribution in [1.29, 1.82) is 0 Å². The SMILES string of the molecule is O=C(O)[C@@H]1C[C@H]1C(=O)NS(=O)(=O)c1ccccn1. The zero-order valence-corrected chi connectivity index (χ0v) is 9.92. The van der Waals surface area contributed by atoms with Gasteiger partial charge in [-0.2, -0.15) is 8.42 Å². The van der Waals surface area contributed by atoms with Gasteiger partial charge in [0, 0.05) is 6.20 Å². The van der Waals surface area contributed by atoms with E-state index in [-0.39, 0.29) is 11.4 Å². The Kier molecular flexibility index (Phi) is 3.04. The molecule has 0 radical (unpaired) electrons. The van der Waals surface area contributed by atoms with Crippen molar-refractivity contribution < 1.29 is 23.1 Å². The van der Waals surface area contributed by atoms with E-state index in [1.165, 1.54) is 18.3 Å². The number of aromatic nitrogens is 1. The van der Waals surface area contributed by atoms with Crippen LogP contribution in [0.4, 0.5) is 0 Å². The molecule has 0 spiro atoms. The standard InChI is InChI=1S/C10H10N2O5S/c13-9(6-5-7(6)10(14)15)12-18(16,17)8-3-1-2-4-11-8/h1-4,6-7H,5H2,(H,12,13)(H,14,15)/t6-,7-/m1/s1. The van der Waals surface area contributed by atoms with E-state index in [0.717, 1.165) is 0 Å². The Bertz CT molecular complexity index is 584. The lowest BCUT2D eigenvalue weighted by Gasteiger charge is -2.04. The minimum absolute atomic E-state index is 0.166. The van der Waals surface area contributed by atoms with E-state index in [9.17, 15) is 18.0 Å². The number of carboxylic acids is 1. The highest BCUT2D eigenvalue weighted by atomic mass is 32.2. The van der Waals surface area contributed by atoms with Crippen LogP contribution in [-0.2, 0) is 19.6 Å². The van der Waals surface area contributed by atoms with Gasteiger partial charge in [-0.05, 0) is 18.6 Å². The summed E-state index contributed by atoms with van der Waals surface area (Å²) in [5, 5.41) is 8.37. The first-order valence-corrected chi connectivity index (χ1v) is 6.60. The Hall–Kier alpha value is -1.96. The molecule has 96 valence electrons. The fourth-order valence-electron chi connectivity index (χ4n) is 1.52. The van der Waals surface area contributed by atoms with Gasteiger partial charge >= 0.3 is 5.97 Å². The molecule has 2 rings (SSSR count). The molecule has 1 heterocycles. The Labute approximate surface area is 103 Å². The zero-order chi connectivity index (χ0) is 13.3. The molecule has 2 atom stereocenters. The monoisotopic (exact) mass is 270 g/mol. The molecule has 1 saturated carbocycles. The van der Waals surface area contributed by atoms with Crippen LogP contribution < -0.4 is 4.72 Å². The van der Waals surface area contributed by atoms with E-state index >= 15 is 0 Å². The van der Waals surface area contributed by atoms with Crippen LogP contribution in [0, 0.1) is 11.8 Å².